The molecule has 0 amide bonds. The van der Waals surface area contributed by atoms with Gasteiger partial charge in [-0.15, -0.1) is 0 Å². The third-order valence-electron chi connectivity index (χ3n) is 2.62. The van der Waals surface area contributed by atoms with Crippen LogP contribution in [0.1, 0.15) is 37.9 Å². The van der Waals surface area contributed by atoms with Crippen molar-refractivity contribution in [3.63, 3.8) is 0 Å². The molecule has 0 heterocycles. The summed E-state index contributed by atoms with van der Waals surface area (Å²) in [7, 11) is 0. The summed E-state index contributed by atoms with van der Waals surface area (Å²) < 4.78 is 0. The van der Waals surface area contributed by atoms with Crippen LogP contribution in [0.15, 0.2) is 18.2 Å². The van der Waals surface area contributed by atoms with Gasteiger partial charge >= 0.3 is 0 Å². The fourth-order valence-corrected chi connectivity index (χ4v) is 1.78. The Hall–Kier alpha value is -0.423. The molecule has 102 valence electrons. The van der Waals surface area contributed by atoms with Crippen LogP contribution in [0.25, 0.3) is 9.69 Å². The molecule has 1 unspecified atom stereocenters. The Morgan fingerprint density at radius 1 is 1.11 bits per heavy atom. The van der Waals surface area contributed by atoms with Crippen molar-refractivity contribution in [2.45, 2.75) is 33.7 Å². The van der Waals surface area contributed by atoms with Gasteiger partial charge < -0.3 is 4.85 Å². The molecule has 18 heavy (non-hydrogen) atoms. The van der Waals surface area contributed by atoms with Crippen LogP contribution in [0.5, 0.6) is 0 Å². The summed E-state index contributed by atoms with van der Waals surface area (Å²) in [6, 6.07) is 5.48. The Morgan fingerprint density at radius 3 is 2.06 bits per heavy atom. The van der Waals surface area contributed by atoms with E-state index in [0.717, 1.165) is 11.1 Å². The molecule has 4 heteroatoms. The molecule has 0 N–H and O–H groups in total. The van der Waals surface area contributed by atoms with E-state index in [9.17, 15) is 0 Å². The van der Waals surface area contributed by atoms with Crippen LogP contribution in [-0.4, -0.2) is 0 Å². The number of hydrogen-bond donors (Lipinski definition) is 0. The van der Waals surface area contributed by atoms with E-state index in [1.807, 2.05) is 45.9 Å². The molecule has 0 saturated heterocycles. The normalized spacial score (nSPS) is 11.2. The Labute approximate surface area is 138 Å². The largest absolute Gasteiger partial charge is 0.309 e. The van der Waals surface area contributed by atoms with Gasteiger partial charge in [0, 0.05) is 53.1 Å². The van der Waals surface area contributed by atoms with Gasteiger partial charge in [-0.3, -0.25) is 0 Å². The van der Waals surface area contributed by atoms with Crippen LogP contribution in [0, 0.1) is 25.5 Å². The second-order valence-electron chi connectivity index (χ2n) is 5.02. The second kappa shape index (κ2) is 7.89. The molecule has 2 nitrogen and oxygen atoms in total. The van der Waals surface area contributed by atoms with Gasteiger partial charge in [-0.2, -0.15) is 0 Å². The van der Waals surface area contributed by atoms with Gasteiger partial charge in [0.15, 0.2) is 0 Å². The number of nitrogens with zero attached hydrogens (tertiary/aromatic N) is 2. The molecule has 0 aliphatic carbocycles. The maximum Gasteiger partial charge on any atom is 0.244 e. The molecular formula is C14H16N2Pt2. The number of para-hydroxylation sites is 1. The van der Waals surface area contributed by atoms with Crippen molar-refractivity contribution in [2.75, 3.05) is 0 Å². The van der Waals surface area contributed by atoms with Gasteiger partial charge in [-0.1, -0.05) is 39.0 Å². The van der Waals surface area contributed by atoms with E-state index >= 15 is 0 Å². The van der Waals surface area contributed by atoms with E-state index in [-0.39, 0.29) is 53.6 Å². The third-order valence-corrected chi connectivity index (χ3v) is 2.62. The van der Waals surface area contributed by atoms with E-state index in [4.69, 9.17) is 13.1 Å². The maximum atomic E-state index is 7.32. The average molecular weight is 602 g/mol. The third kappa shape index (κ3) is 4.35. The summed E-state index contributed by atoms with van der Waals surface area (Å²) in [5.41, 5.74) is 2.30. The van der Waals surface area contributed by atoms with Crippen molar-refractivity contribution in [3.8, 4) is 0 Å². The van der Waals surface area contributed by atoms with E-state index in [2.05, 4.69) is 9.69 Å². The summed E-state index contributed by atoms with van der Waals surface area (Å²) in [6.45, 7) is 22.6. The van der Waals surface area contributed by atoms with E-state index < -0.39 is 0 Å². The van der Waals surface area contributed by atoms with Crippen LogP contribution in [0.3, 0.4) is 0 Å². The van der Waals surface area contributed by atoms with Crippen molar-refractivity contribution >= 4 is 5.69 Å². The first-order chi connectivity index (χ1) is 7.41. The van der Waals surface area contributed by atoms with Crippen LogP contribution in [0.2, 0.25) is 0 Å². The van der Waals surface area contributed by atoms with E-state index in [1.165, 1.54) is 0 Å². The molecule has 1 rings (SSSR count). The zero-order chi connectivity index (χ0) is 12.3. The molecule has 0 bridgehead atoms. The van der Waals surface area contributed by atoms with E-state index in [0.29, 0.717) is 5.69 Å². The number of rotatable bonds is 1. The number of hydrogen-bond acceptors (Lipinski definition) is 0. The molecule has 1 aromatic carbocycles. The van der Waals surface area contributed by atoms with Gasteiger partial charge in [0.1, 0.15) is 0 Å². The second-order valence-corrected chi connectivity index (χ2v) is 5.02. The predicted molar refractivity (Wildman–Crippen MR) is 66.2 cm³/mol. The molecule has 0 saturated carbocycles. The van der Waals surface area contributed by atoms with Crippen molar-refractivity contribution in [2.24, 2.45) is 5.41 Å². The topological polar surface area (TPSA) is 8.72 Å². The fourth-order valence-electron chi connectivity index (χ4n) is 1.78. The minimum atomic E-state index is -0.253. The van der Waals surface area contributed by atoms with Crippen LogP contribution in [-0.2, 0) is 42.1 Å². The van der Waals surface area contributed by atoms with Crippen LogP contribution < -0.4 is 0 Å². The van der Waals surface area contributed by atoms with Crippen molar-refractivity contribution < 1.29 is 42.1 Å². The monoisotopic (exact) mass is 602 g/mol. The van der Waals surface area contributed by atoms with Crippen molar-refractivity contribution in [1.29, 1.82) is 0 Å². The summed E-state index contributed by atoms with van der Waals surface area (Å²) in [5.74, 6) is 0. The van der Waals surface area contributed by atoms with Gasteiger partial charge in [-0.05, 0) is 12.5 Å². The molecule has 0 aliphatic rings. The Balaban J connectivity index is 0. The first-order valence-corrected chi connectivity index (χ1v) is 5.25. The Morgan fingerprint density at radius 2 is 1.67 bits per heavy atom. The first kappa shape index (κ1) is 19.9. The smallest absolute Gasteiger partial charge is 0.244 e. The minimum Gasteiger partial charge on any atom is -0.309 e. The van der Waals surface area contributed by atoms with Gasteiger partial charge in [0.2, 0.25) is 11.7 Å². The standard InChI is InChI=1S/C14H16N2.2Pt/c1-10-8-7-9-11(12(10)15-5)13(16-6)14(2,3)4;;/h7-9,13H,1-4H3;;. The maximum absolute atomic E-state index is 7.32. The molecular weight excluding hydrogens is 586 g/mol. The molecule has 0 aromatic heterocycles. The number of benzene rings is 1. The van der Waals surface area contributed by atoms with Crippen LogP contribution >= 0.6 is 0 Å². The number of aryl methyl sites for hydroxylation is 1. The zero-order valence-electron chi connectivity index (χ0n) is 10.8. The Bertz CT molecular complexity index is 476. The fraction of sp³-hybridized carbons (Fsp3) is 0.429. The average Bonchev–Trinajstić information content (AvgIpc) is 2.17. The van der Waals surface area contributed by atoms with Crippen LogP contribution in [0.4, 0.5) is 5.69 Å². The Kier molecular flexibility index (Phi) is 8.73. The predicted octanol–water partition coefficient (Wildman–Crippen LogP) is 4.55. The summed E-state index contributed by atoms with van der Waals surface area (Å²) >= 11 is 0. The summed E-state index contributed by atoms with van der Waals surface area (Å²) in [4.78, 5) is 7.24. The summed E-state index contributed by atoms with van der Waals surface area (Å²) in [6.07, 6.45) is 0. The van der Waals surface area contributed by atoms with Gasteiger partial charge in [-0.25, -0.2) is 11.4 Å². The molecule has 0 fully saturated rings. The van der Waals surface area contributed by atoms with Crippen molar-refractivity contribution in [1.82, 2.24) is 0 Å². The van der Waals surface area contributed by atoms with Gasteiger partial charge in [0.05, 0.1) is 6.57 Å². The SMILES string of the molecule is [C-]#[N+]c1c(C)cccc1C([N+]#[C-])C(C)(C)C.[Pt].[Pt]. The molecule has 0 radical (unpaired) electrons. The zero-order valence-corrected chi connectivity index (χ0v) is 15.4. The summed E-state index contributed by atoms with van der Waals surface area (Å²) in [5, 5.41) is 0. The van der Waals surface area contributed by atoms with E-state index in [1.54, 1.807) is 0 Å². The van der Waals surface area contributed by atoms with Crippen molar-refractivity contribution in [3.05, 3.63) is 52.2 Å². The molecule has 0 spiro atoms. The first-order valence-electron chi connectivity index (χ1n) is 5.25. The quantitative estimate of drug-likeness (QED) is 0.418. The molecule has 1 atom stereocenters. The van der Waals surface area contributed by atoms with Gasteiger partial charge in [0.25, 0.3) is 0 Å². The minimum absolute atomic E-state index is 0. The molecule has 0 aliphatic heterocycles. The molecule has 1 aromatic rings.